The summed E-state index contributed by atoms with van der Waals surface area (Å²) in [6, 6.07) is 6.14. The summed E-state index contributed by atoms with van der Waals surface area (Å²) >= 11 is 0. The summed E-state index contributed by atoms with van der Waals surface area (Å²) in [7, 11) is 0. The van der Waals surface area contributed by atoms with Crippen molar-refractivity contribution in [1.29, 1.82) is 0 Å². The first-order valence-corrected chi connectivity index (χ1v) is 6.54. The van der Waals surface area contributed by atoms with Gasteiger partial charge in [0.2, 0.25) is 0 Å². The van der Waals surface area contributed by atoms with E-state index in [-0.39, 0.29) is 13.0 Å². The van der Waals surface area contributed by atoms with Crippen LogP contribution in [0.4, 0.5) is 13.2 Å². The van der Waals surface area contributed by atoms with Gasteiger partial charge in [0.1, 0.15) is 0 Å². The molecular weight excluding hydrogens is 299 g/mol. The van der Waals surface area contributed by atoms with Crippen LogP contribution in [0.15, 0.2) is 47.3 Å². The third kappa shape index (κ3) is 3.88. The Hall–Kier alpha value is -2.28. The molecule has 4 nitrogen and oxygen atoms in total. The molecule has 0 bridgehead atoms. The van der Waals surface area contributed by atoms with Gasteiger partial charge >= 0.3 is 6.18 Å². The number of carbonyl (C=O) groups excluding carboxylic acids is 1. The van der Waals surface area contributed by atoms with Gasteiger partial charge < -0.3 is 14.8 Å². The lowest BCUT2D eigenvalue weighted by Gasteiger charge is -2.13. The van der Waals surface area contributed by atoms with Crippen molar-refractivity contribution in [3.05, 3.63) is 59.5 Å². The summed E-state index contributed by atoms with van der Waals surface area (Å²) in [5, 5.41) is 12.2. The number of rotatable bonds is 5. The summed E-state index contributed by atoms with van der Waals surface area (Å²) in [6.07, 6.45) is -2.51. The van der Waals surface area contributed by atoms with Gasteiger partial charge in [0.15, 0.2) is 0 Å². The minimum Gasteiger partial charge on any atom is -0.472 e. The number of furan rings is 1. The van der Waals surface area contributed by atoms with Gasteiger partial charge in [-0.3, -0.25) is 4.79 Å². The number of nitrogens with one attached hydrogen (secondary N) is 1. The number of halogens is 3. The van der Waals surface area contributed by atoms with Crippen molar-refractivity contribution in [3.8, 4) is 0 Å². The molecule has 0 unspecified atom stereocenters. The van der Waals surface area contributed by atoms with E-state index in [1.165, 1.54) is 24.7 Å². The Morgan fingerprint density at radius 1 is 1.27 bits per heavy atom. The van der Waals surface area contributed by atoms with Crippen LogP contribution in [0.5, 0.6) is 0 Å². The standard InChI is InChI=1S/C15H14F3NO3/c16-15(17,18)12-4-2-1-3-11(12)14(21)19-7-5-13(20)10-6-8-22-9-10/h1-4,6,8-9,13,20H,5,7H2,(H,19,21)/t13-/m0/s1. The highest BCUT2D eigenvalue weighted by Gasteiger charge is 2.34. The Morgan fingerprint density at radius 2 is 2.00 bits per heavy atom. The fourth-order valence-electron chi connectivity index (χ4n) is 1.98. The van der Waals surface area contributed by atoms with E-state index in [2.05, 4.69) is 5.32 Å². The molecule has 0 aliphatic heterocycles. The minimum atomic E-state index is -4.59. The van der Waals surface area contributed by atoms with Crippen LogP contribution >= 0.6 is 0 Å². The van der Waals surface area contributed by atoms with Crippen LogP contribution in [0.3, 0.4) is 0 Å². The zero-order valence-electron chi connectivity index (χ0n) is 11.4. The number of aliphatic hydroxyl groups is 1. The molecule has 1 atom stereocenters. The van der Waals surface area contributed by atoms with E-state index >= 15 is 0 Å². The first kappa shape index (κ1) is 16.1. The Kier molecular flexibility index (Phi) is 4.87. The molecule has 0 saturated carbocycles. The maximum Gasteiger partial charge on any atom is 0.417 e. The van der Waals surface area contributed by atoms with Crippen molar-refractivity contribution in [2.24, 2.45) is 0 Å². The number of hydrogen-bond donors (Lipinski definition) is 2. The predicted octanol–water partition coefficient (Wildman–Crippen LogP) is 3.15. The van der Waals surface area contributed by atoms with E-state index in [9.17, 15) is 23.1 Å². The van der Waals surface area contributed by atoms with E-state index in [1.807, 2.05) is 0 Å². The molecule has 1 aromatic heterocycles. The number of hydrogen-bond acceptors (Lipinski definition) is 3. The highest BCUT2D eigenvalue weighted by molar-refractivity contribution is 5.95. The molecule has 0 radical (unpaired) electrons. The number of amides is 1. The van der Waals surface area contributed by atoms with E-state index in [4.69, 9.17) is 4.42 Å². The lowest BCUT2D eigenvalue weighted by molar-refractivity contribution is -0.137. The first-order chi connectivity index (χ1) is 10.4. The van der Waals surface area contributed by atoms with Crippen LogP contribution in [0, 0.1) is 0 Å². The molecule has 0 fully saturated rings. The predicted molar refractivity (Wildman–Crippen MR) is 72.1 cm³/mol. The van der Waals surface area contributed by atoms with Crippen molar-refractivity contribution in [3.63, 3.8) is 0 Å². The van der Waals surface area contributed by atoms with Crippen molar-refractivity contribution >= 4 is 5.91 Å². The quantitative estimate of drug-likeness (QED) is 0.891. The average Bonchev–Trinajstić information content (AvgIpc) is 3.00. The number of alkyl halides is 3. The highest BCUT2D eigenvalue weighted by Crippen LogP contribution is 2.31. The molecule has 1 aromatic carbocycles. The van der Waals surface area contributed by atoms with Crippen LogP contribution in [-0.2, 0) is 6.18 Å². The summed E-state index contributed by atoms with van der Waals surface area (Å²) in [4.78, 5) is 11.9. The lowest BCUT2D eigenvalue weighted by atomic mass is 10.1. The van der Waals surface area contributed by atoms with Crippen molar-refractivity contribution in [2.75, 3.05) is 6.54 Å². The van der Waals surface area contributed by atoms with Gasteiger partial charge in [-0.05, 0) is 24.6 Å². The fraction of sp³-hybridized carbons (Fsp3) is 0.267. The van der Waals surface area contributed by atoms with Crippen LogP contribution in [0.2, 0.25) is 0 Å². The van der Waals surface area contributed by atoms with Gasteiger partial charge in [-0.15, -0.1) is 0 Å². The van der Waals surface area contributed by atoms with Gasteiger partial charge in [-0.2, -0.15) is 13.2 Å². The molecule has 1 heterocycles. The zero-order valence-corrected chi connectivity index (χ0v) is 11.4. The highest BCUT2D eigenvalue weighted by atomic mass is 19.4. The molecule has 7 heteroatoms. The van der Waals surface area contributed by atoms with Gasteiger partial charge in [0, 0.05) is 12.1 Å². The molecule has 1 amide bonds. The summed E-state index contributed by atoms with van der Waals surface area (Å²) in [5.41, 5.74) is -0.874. The maximum atomic E-state index is 12.8. The van der Waals surface area contributed by atoms with Gasteiger partial charge in [-0.1, -0.05) is 12.1 Å². The summed E-state index contributed by atoms with van der Waals surface area (Å²) < 4.78 is 43.3. The Balaban J connectivity index is 1.96. The molecule has 2 aromatic rings. The monoisotopic (exact) mass is 313 g/mol. The smallest absolute Gasteiger partial charge is 0.417 e. The molecule has 0 aliphatic carbocycles. The minimum absolute atomic E-state index is 0.0391. The van der Waals surface area contributed by atoms with E-state index in [0.717, 1.165) is 12.1 Å². The average molecular weight is 313 g/mol. The van der Waals surface area contributed by atoms with Crippen LogP contribution in [0.25, 0.3) is 0 Å². The molecule has 0 aliphatic rings. The van der Waals surface area contributed by atoms with Crippen LogP contribution < -0.4 is 5.32 Å². The SMILES string of the molecule is O=C(NCC[C@H](O)c1ccoc1)c1ccccc1C(F)(F)F. The third-order valence-corrected chi connectivity index (χ3v) is 3.11. The van der Waals surface area contributed by atoms with Gasteiger partial charge in [0.05, 0.1) is 29.8 Å². The summed E-state index contributed by atoms with van der Waals surface area (Å²) in [5.74, 6) is -0.827. The Labute approximate surface area is 124 Å². The fourth-order valence-corrected chi connectivity index (χ4v) is 1.98. The lowest BCUT2D eigenvalue weighted by Crippen LogP contribution is -2.28. The van der Waals surface area contributed by atoms with Gasteiger partial charge in [0.25, 0.3) is 5.91 Å². The molecule has 0 saturated heterocycles. The molecule has 2 N–H and O–H groups in total. The van der Waals surface area contributed by atoms with Crippen molar-refractivity contribution < 1.29 is 27.5 Å². The molecule has 2 rings (SSSR count). The Morgan fingerprint density at radius 3 is 2.64 bits per heavy atom. The topological polar surface area (TPSA) is 62.5 Å². The molecule has 118 valence electrons. The second kappa shape index (κ2) is 6.65. The first-order valence-electron chi connectivity index (χ1n) is 6.54. The van der Waals surface area contributed by atoms with Gasteiger partial charge in [-0.25, -0.2) is 0 Å². The second-order valence-corrected chi connectivity index (χ2v) is 4.66. The molecular formula is C15H14F3NO3. The normalized spacial score (nSPS) is 12.9. The number of carbonyl (C=O) groups is 1. The second-order valence-electron chi connectivity index (χ2n) is 4.66. The maximum absolute atomic E-state index is 12.8. The molecule has 22 heavy (non-hydrogen) atoms. The Bertz CT molecular complexity index is 623. The number of benzene rings is 1. The molecule has 0 spiro atoms. The summed E-state index contributed by atoms with van der Waals surface area (Å²) in [6.45, 7) is 0.0391. The van der Waals surface area contributed by atoms with E-state index < -0.39 is 29.3 Å². The van der Waals surface area contributed by atoms with Crippen molar-refractivity contribution in [1.82, 2.24) is 5.32 Å². The van der Waals surface area contributed by atoms with Crippen molar-refractivity contribution in [2.45, 2.75) is 18.7 Å². The number of aliphatic hydroxyl groups excluding tert-OH is 1. The van der Waals surface area contributed by atoms with Crippen LogP contribution in [-0.4, -0.2) is 17.6 Å². The zero-order chi connectivity index (χ0) is 16.2. The van der Waals surface area contributed by atoms with Crippen LogP contribution in [0.1, 0.15) is 34.0 Å². The largest absolute Gasteiger partial charge is 0.472 e. The van der Waals surface area contributed by atoms with E-state index in [1.54, 1.807) is 6.07 Å². The third-order valence-electron chi connectivity index (χ3n) is 3.11. The van der Waals surface area contributed by atoms with E-state index in [0.29, 0.717) is 5.56 Å².